The number of carbonyl (C=O) groups is 1. The van der Waals surface area contributed by atoms with Gasteiger partial charge in [-0.25, -0.2) is 15.0 Å². The van der Waals surface area contributed by atoms with Crippen LogP contribution in [-0.2, 0) is 22.5 Å². The van der Waals surface area contributed by atoms with E-state index in [4.69, 9.17) is 9.47 Å². The minimum atomic E-state index is 0.0272. The number of ether oxygens (including phenoxy) is 2. The number of methoxy groups -OCH3 is 1. The van der Waals surface area contributed by atoms with Crippen LogP contribution in [0.3, 0.4) is 0 Å². The molecule has 0 bridgehead atoms. The van der Waals surface area contributed by atoms with Gasteiger partial charge in [-0.1, -0.05) is 0 Å². The van der Waals surface area contributed by atoms with Crippen molar-refractivity contribution in [3.8, 4) is 5.88 Å². The number of hydrazine groups is 1. The standard InChI is InChI=1S/C22H27N7O3/c1-15-8-16(9-23-22(15)31-2)27-7-5-19-18(10-27)21(25-13-24-19)26-20-4-3-6-28(20)29-14-32-12-17(29)11-30/h8-9,11-13,20H,3-7,10,14H2,1-2H3,(H,24,25,26). The number of aldehydes is 1. The number of anilines is 2. The van der Waals surface area contributed by atoms with Crippen LogP contribution in [0.15, 0.2) is 30.5 Å². The van der Waals surface area contributed by atoms with E-state index in [9.17, 15) is 4.79 Å². The number of aryl methyl sites for hydroxylation is 1. The summed E-state index contributed by atoms with van der Waals surface area (Å²) in [6, 6.07) is 2.10. The Balaban J connectivity index is 1.37. The molecule has 3 aliphatic heterocycles. The highest BCUT2D eigenvalue weighted by molar-refractivity contribution is 5.72. The second-order valence-electron chi connectivity index (χ2n) is 8.16. The Morgan fingerprint density at radius 2 is 2.19 bits per heavy atom. The maximum atomic E-state index is 11.4. The Labute approximate surface area is 186 Å². The smallest absolute Gasteiger partial charge is 0.216 e. The minimum absolute atomic E-state index is 0.0272. The van der Waals surface area contributed by atoms with Crippen molar-refractivity contribution in [1.29, 1.82) is 0 Å². The first-order valence-electron chi connectivity index (χ1n) is 10.8. The van der Waals surface area contributed by atoms with E-state index < -0.39 is 0 Å². The van der Waals surface area contributed by atoms with Gasteiger partial charge in [0.1, 0.15) is 24.1 Å². The van der Waals surface area contributed by atoms with Crippen molar-refractivity contribution >= 4 is 17.8 Å². The van der Waals surface area contributed by atoms with Crippen molar-refractivity contribution in [2.75, 3.05) is 37.1 Å². The third-order valence-corrected chi connectivity index (χ3v) is 6.23. The third-order valence-electron chi connectivity index (χ3n) is 6.23. The number of allylic oxidation sites excluding steroid dienone is 1. The number of fused-ring (bicyclic) bond motifs is 1. The summed E-state index contributed by atoms with van der Waals surface area (Å²) < 4.78 is 10.7. The molecule has 0 amide bonds. The molecule has 32 heavy (non-hydrogen) atoms. The van der Waals surface area contributed by atoms with Crippen LogP contribution >= 0.6 is 0 Å². The summed E-state index contributed by atoms with van der Waals surface area (Å²) >= 11 is 0. The average Bonchev–Trinajstić information content (AvgIpc) is 3.47. The first kappa shape index (κ1) is 20.5. The van der Waals surface area contributed by atoms with Gasteiger partial charge in [0, 0.05) is 37.2 Å². The molecule has 0 radical (unpaired) electrons. The highest BCUT2D eigenvalue weighted by Gasteiger charge is 2.34. The molecule has 0 aliphatic carbocycles. The number of carbonyl (C=O) groups excluding carboxylic acids is 1. The number of hydrogen-bond donors (Lipinski definition) is 1. The zero-order valence-electron chi connectivity index (χ0n) is 18.3. The Hall–Kier alpha value is -3.40. The van der Waals surface area contributed by atoms with Crippen molar-refractivity contribution in [2.45, 2.75) is 38.9 Å². The Morgan fingerprint density at radius 1 is 1.28 bits per heavy atom. The van der Waals surface area contributed by atoms with E-state index >= 15 is 0 Å². The molecule has 5 heterocycles. The lowest BCUT2D eigenvalue weighted by Crippen LogP contribution is -2.47. The molecule has 2 aromatic heterocycles. The molecular weight excluding hydrogens is 410 g/mol. The summed E-state index contributed by atoms with van der Waals surface area (Å²) in [5, 5.41) is 7.66. The molecule has 1 atom stereocenters. The average molecular weight is 438 g/mol. The van der Waals surface area contributed by atoms with Gasteiger partial charge in [0.15, 0.2) is 13.0 Å². The first-order valence-corrected chi connectivity index (χ1v) is 10.8. The van der Waals surface area contributed by atoms with Crippen molar-refractivity contribution in [3.05, 3.63) is 47.4 Å². The van der Waals surface area contributed by atoms with Crippen molar-refractivity contribution in [1.82, 2.24) is 25.0 Å². The molecule has 5 rings (SSSR count). The summed E-state index contributed by atoms with van der Waals surface area (Å²) in [6.45, 7) is 4.77. The lowest BCUT2D eigenvalue weighted by atomic mass is 10.1. The number of aromatic nitrogens is 3. The number of rotatable bonds is 6. The molecule has 0 saturated carbocycles. The van der Waals surface area contributed by atoms with Crippen molar-refractivity contribution < 1.29 is 14.3 Å². The Morgan fingerprint density at radius 3 is 3.00 bits per heavy atom. The maximum absolute atomic E-state index is 11.4. The number of nitrogens with one attached hydrogen (secondary N) is 1. The molecule has 10 heteroatoms. The molecule has 0 aromatic carbocycles. The van der Waals surface area contributed by atoms with Crippen LogP contribution < -0.4 is 15.0 Å². The summed E-state index contributed by atoms with van der Waals surface area (Å²) in [6.07, 6.45) is 8.67. The van der Waals surface area contributed by atoms with Gasteiger partial charge in [0.25, 0.3) is 0 Å². The molecule has 2 aromatic rings. The molecule has 1 unspecified atom stereocenters. The fraction of sp³-hybridized carbons (Fsp3) is 0.455. The second kappa shape index (κ2) is 8.62. The quantitative estimate of drug-likeness (QED) is 0.674. The summed E-state index contributed by atoms with van der Waals surface area (Å²) in [7, 11) is 1.63. The van der Waals surface area contributed by atoms with Gasteiger partial charge in [-0.2, -0.15) is 5.01 Å². The van der Waals surface area contributed by atoms with Crippen molar-refractivity contribution in [2.24, 2.45) is 0 Å². The molecule has 10 nitrogen and oxygen atoms in total. The van der Waals surface area contributed by atoms with Gasteiger partial charge in [-0.15, -0.1) is 0 Å². The third kappa shape index (κ3) is 3.70. The predicted molar refractivity (Wildman–Crippen MR) is 118 cm³/mol. The summed E-state index contributed by atoms with van der Waals surface area (Å²) in [4.78, 5) is 27.2. The van der Waals surface area contributed by atoms with E-state index in [1.807, 2.05) is 18.1 Å². The minimum Gasteiger partial charge on any atom is -0.481 e. The van der Waals surface area contributed by atoms with Crippen LogP contribution in [0, 0.1) is 6.92 Å². The fourth-order valence-corrected chi connectivity index (χ4v) is 4.60. The van der Waals surface area contributed by atoms with E-state index in [-0.39, 0.29) is 6.17 Å². The van der Waals surface area contributed by atoms with Crippen LogP contribution in [-0.4, -0.2) is 64.4 Å². The number of nitrogens with zero attached hydrogens (tertiary/aromatic N) is 6. The molecule has 0 spiro atoms. The van der Waals surface area contributed by atoms with Crippen LogP contribution in [0.2, 0.25) is 0 Å². The molecule has 3 aliphatic rings. The largest absolute Gasteiger partial charge is 0.481 e. The summed E-state index contributed by atoms with van der Waals surface area (Å²) in [5.74, 6) is 1.49. The predicted octanol–water partition coefficient (Wildman–Crippen LogP) is 1.83. The second-order valence-corrected chi connectivity index (χ2v) is 8.16. The molecule has 1 saturated heterocycles. The molecule has 168 valence electrons. The zero-order valence-corrected chi connectivity index (χ0v) is 18.3. The lowest BCUT2D eigenvalue weighted by Gasteiger charge is -2.35. The van der Waals surface area contributed by atoms with Crippen LogP contribution in [0.1, 0.15) is 29.7 Å². The highest BCUT2D eigenvalue weighted by Crippen LogP contribution is 2.31. The maximum Gasteiger partial charge on any atom is 0.216 e. The number of pyridine rings is 1. The van der Waals surface area contributed by atoms with Crippen molar-refractivity contribution in [3.63, 3.8) is 0 Å². The zero-order chi connectivity index (χ0) is 22.1. The normalized spacial score (nSPS) is 20.6. The van der Waals surface area contributed by atoms with Gasteiger partial charge >= 0.3 is 0 Å². The first-order chi connectivity index (χ1) is 15.7. The van der Waals surface area contributed by atoms with E-state index in [0.717, 1.165) is 67.0 Å². The van der Waals surface area contributed by atoms with E-state index in [1.165, 1.54) is 6.26 Å². The molecule has 1 N–H and O–H groups in total. The Bertz CT molecular complexity index is 1040. The lowest BCUT2D eigenvalue weighted by molar-refractivity contribution is -0.109. The van der Waals surface area contributed by atoms with Crippen LogP contribution in [0.5, 0.6) is 5.88 Å². The SMILES string of the molecule is COc1ncc(N2CCc3ncnc(NC4CCCN4N4COC=C4C=O)c3C2)cc1C. The molecular formula is C22H27N7O3. The van der Waals surface area contributed by atoms with Gasteiger partial charge in [0.2, 0.25) is 5.88 Å². The van der Waals surface area contributed by atoms with Gasteiger partial charge in [-0.05, 0) is 25.8 Å². The van der Waals surface area contributed by atoms with E-state index in [1.54, 1.807) is 13.4 Å². The van der Waals surface area contributed by atoms with E-state index in [0.29, 0.717) is 24.9 Å². The van der Waals surface area contributed by atoms with Crippen LogP contribution in [0.4, 0.5) is 11.5 Å². The van der Waals surface area contributed by atoms with Gasteiger partial charge in [0.05, 0.1) is 30.9 Å². The Kier molecular flexibility index (Phi) is 5.52. The van der Waals surface area contributed by atoms with Crippen LogP contribution in [0.25, 0.3) is 0 Å². The van der Waals surface area contributed by atoms with Gasteiger partial charge in [-0.3, -0.25) is 9.80 Å². The van der Waals surface area contributed by atoms with E-state index in [2.05, 4.69) is 36.2 Å². The number of hydrogen-bond acceptors (Lipinski definition) is 10. The highest BCUT2D eigenvalue weighted by atomic mass is 16.5. The summed E-state index contributed by atoms with van der Waals surface area (Å²) in [5.41, 5.74) is 4.77. The topological polar surface area (TPSA) is 95.9 Å². The fourth-order valence-electron chi connectivity index (χ4n) is 4.60. The monoisotopic (exact) mass is 437 g/mol. The molecule has 1 fully saturated rings. The van der Waals surface area contributed by atoms with Gasteiger partial charge < -0.3 is 19.7 Å².